The van der Waals surface area contributed by atoms with E-state index in [0.29, 0.717) is 27.7 Å². The summed E-state index contributed by atoms with van der Waals surface area (Å²) >= 11 is 12.1. The summed E-state index contributed by atoms with van der Waals surface area (Å²) in [5, 5.41) is 4.86. The lowest BCUT2D eigenvalue weighted by Crippen LogP contribution is -2.25. The SMILES string of the molecule is CON(C)C(=O)c1ccc(NC(=O)CCc2cccc(Cl)c2Cl)cc1. The minimum absolute atomic E-state index is 0.149. The van der Waals surface area contributed by atoms with Crippen LogP contribution in [0.1, 0.15) is 22.3 Å². The summed E-state index contributed by atoms with van der Waals surface area (Å²) in [5.74, 6) is -0.417. The van der Waals surface area contributed by atoms with Crippen molar-refractivity contribution in [2.24, 2.45) is 0 Å². The number of hydrogen-bond acceptors (Lipinski definition) is 3. The number of nitrogens with zero attached hydrogens (tertiary/aromatic N) is 1. The van der Waals surface area contributed by atoms with Crippen LogP contribution in [0.4, 0.5) is 5.69 Å². The predicted molar refractivity (Wildman–Crippen MR) is 99.0 cm³/mol. The summed E-state index contributed by atoms with van der Waals surface area (Å²) in [6, 6.07) is 11.9. The highest BCUT2D eigenvalue weighted by atomic mass is 35.5. The number of aryl methyl sites for hydroxylation is 1. The molecule has 0 saturated heterocycles. The van der Waals surface area contributed by atoms with Gasteiger partial charge in [0.25, 0.3) is 5.91 Å². The van der Waals surface area contributed by atoms with E-state index >= 15 is 0 Å². The zero-order valence-corrected chi connectivity index (χ0v) is 15.4. The molecule has 2 aromatic carbocycles. The Labute approximate surface area is 156 Å². The lowest BCUT2D eigenvalue weighted by molar-refractivity contribution is -0.116. The zero-order chi connectivity index (χ0) is 18.4. The number of hydrogen-bond donors (Lipinski definition) is 1. The van der Waals surface area contributed by atoms with E-state index in [4.69, 9.17) is 28.0 Å². The molecule has 0 aliphatic heterocycles. The number of halogens is 2. The molecular weight excluding hydrogens is 363 g/mol. The largest absolute Gasteiger partial charge is 0.326 e. The first-order chi connectivity index (χ1) is 11.9. The second kappa shape index (κ2) is 8.85. The van der Waals surface area contributed by atoms with Crippen molar-refractivity contribution in [1.29, 1.82) is 0 Å². The van der Waals surface area contributed by atoms with Crippen molar-refractivity contribution < 1.29 is 14.4 Å². The molecule has 25 heavy (non-hydrogen) atoms. The van der Waals surface area contributed by atoms with Crippen LogP contribution in [0.2, 0.25) is 10.0 Å². The zero-order valence-electron chi connectivity index (χ0n) is 13.9. The number of carbonyl (C=O) groups is 2. The van der Waals surface area contributed by atoms with Crippen molar-refractivity contribution in [1.82, 2.24) is 5.06 Å². The summed E-state index contributed by atoms with van der Waals surface area (Å²) in [6.45, 7) is 0. The van der Waals surface area contributed by atoms with Crippen LogP contribution in [0, 0.1) is 0 Å². The molecule has 0 unspecified atom stereocenters. The van der Waals surface area contributed by atoms with E-state index in [2.05, 4.69) is 5.32 Å². The Kier molecular flexibility index (Phi) is 6.82. The number of amides is 2. The fourth-order valence-corrected chi connectivity index (χ4v) is 2.59. The maximum atomic E-state index is 12.1. The highest BCUT2D eigenvalue weighted by molar-refractivity contribution is 6.42. The normalized spacial score (nSPS) is 10.4. The summed E-state index contributed by atoms with van der Waals surface area (Å²) in [5.41, 5.74) is 1.90. The first kappa shape index (κ1) is 19.2. The molecule has 0 aromatic heterocycles. The van der Waals surface area contributed by atoms with Crippen molar-refractivity contribution in [3.8, 4) is 0 Å². The van der Waals surface area contributed by atoms with Crippen molar-refractivity contribution >= 4 is 40.7 Å². The van der Waals surface area contributed by atoms with Crippen molar-refractivity contribution in [3.63, 3.8) is 0 Å². The maximum absolute atomic E-state index is 12.1. The summed E-state index contributed by atoms with van der Waals surface area (Å²) in [7, 11) is 2.94. The number of rotatable bonds is 6. The van der Waals surface area contributed by atoms with Crippen LogP contribution >= 0.6 is 23.2 Å². The second-order valence-electron chi connectivity index (χ2n) is 5.32. The third-order valence-corrected chi connectivity index (χ3v) is 4.49. The van der Waals surface area contributed by atoms with Crippen LogP contribution in [-0.4, -0.2) is 31.0 Å². The monoisotopic (exact) mass is 380 g/mol. The number of benzene rings is 2. The van der Waals surface area contributed by atoms with Crippen LogP contribution in [0.3, 0.4) is 0 Å². The van der Waals surface area contributed by atoms with Gasteiger partial charge in [-0.3, -0.25) is 14.4 Å². The smallest absolute Gasteiger partial charge is 0.277 e. The molecular formula is C18H18Cl2N2O3. The summed E-state index contributed by atoms with van der Waals surface area (Å²) < 4.78 is 0. The van der Waals surface area contributed by atoms with E-state index in [1.807, 2.05) is 6.07 Å². The first-order valence-corrected chi connectivity index (χ1v) is 8.33. The molecule has 0 heterocycles. The molecule has 0 bridgehead atoms. The van der Waals surface area contributed by atoms with Gasteiger partial charge in [-0.25, -0.2) is 5.06 Å². The number of anilines is 1. The Hall–Kier alpha value is -2.08. The molecule has 2 aromatic rings. The fourth-order valence-electron chi connectivity index (χ4n) is 2.17. The van der Waals surface area contributed by atoms with E-state index in [0.717, 1.165) is 10.6 Å². The number of carbonyl (C=O) groups excluding carboxylic acids is 2. The Morgan fingerprint density at radius 3 is 2.44 bits per heavy atom. The molecule has 1 N–H and O–H groups in total. The average molecular weight is 381 g/mol. The minimum Gasteiger partial charge on any atom is -0.326 e. The second-order valence-corrected chi connectivity index (χ2v) is 6.11. The summed E-state index contributed by atoms with van der Waals surface area (Å²) in [4.78, 5) is 28.8. The molecule has 0 saturated carbocycles. The van der Waals surface area contributed by atoms with Gasteiger partial charge in [-0.15, -0.1) is 0 Å². The lowest BCUT2D eigenvalue weighted by atomic mass is 10.1. The molecule has 0 atom stereocenters. The van der Waals surface area contributed by atoms with E-state index in [-0.39, 0.29) is 18.2 Å². The molecule has 132 valence electrons. The van der Waals surface area contributed by atoms with Gasteiger partial charge in [0, 0.05) is 24.7 Å². The molecule has 0 radical (unpaired) electrons. The van der Waals surface area contributed by atoms with Gasteiger partial charge >= 0.3 is 0 Å². The Balaban J connectivity index is 1.92. The number of nitrogens with one attached hydrogen (secondary N) is 1. The van der Waals surface area contributed by atoms with Crippen LogP contribution in [0.15, 0.2) is 42.5 Å². The molecule has 7 heteroatoms. The third-order valence-electron chi connectivity index (χ3n) is 3.63. The van der Waals surface area contributed by atoms with Gasteiger partial charge in [0.1, 0.15) is 0 Å². The highest BCUT2D eigenvalue weighted by Crippen LogP contribution is 2.26. The Bertz CT molecular complexity index is 763. The van der Waals surface area contributed by atoms with Gasteiger partial charge in [0.05, 0.1) is 17.2 Å². The van der Waals surface area contributed by atoms with Crippen LogP contribution in [-0.2, 0) is 16.1 Å². The molecule has 0 spiro atoms. The minimum atomic E-state index is -0.268. The molecule has 5 nitrogen and oxygen atoms in total. The Morgan fingerprint density at radius 2 is 1.80 bits per heavy atom. The van der Waals surface area contributed by atoms with Gasteiger partial charge in [0.15, 0.2) is 0 Å². The first-order valence-electron chi connectivity index (χ1n) is 7.57. The van der Waals surface area contributed by atoms with E-state index in [1.165, 1.54) is 14.2 Å². The van der Waals surface area contributed by atoms with Crippen LogP contribution in [0.25, 0.3) is 0 Å². The van der Waals surface area contributed by atoms with E-state index < -0.39 is 0 Å². The molecule has 0 fully saturated rings. The number of hydroxylamine groups is 2. The van der Waals surface area contributed by atoms with Gasteiger partial charge in [-0.05, 0) is 42.3 Å². The average Bonchev–Trinajstić information content (AvgIpc) is 2.62. The topological polar surface area (TPSA) is 58.6 Å². The third kappa shape index (κ3) is 5.19. The van der Waals surface area contributed by atoms with Gasteiger partial charge in [-0.1, -0.05) is 35.3 Å². The van der Waals surface area contributed by atoms with Crippen molar-refractivity contribution in [2.75, 3.05) is 19.5 Å². The van der Waals surface area contributed by atoms with Gasteiger partial charge in [0.2, 0.25) is 5.91 Å². The molecule has 0 aliphatic carbocycles. The van der Waals surface area contributed by atoms with E-state index in [1.54, 1.807) is 36.4 Å². The summed E-state index contributed by atoms with van der Waals surface area (Å²) in [6.07, 6.45) is 0.758. The maximum Gasteiger partial charge on any atom is 0.277 e. The molecule has 2 amide bonds. The van der Waals surface area contributed by atoms with Crippen molar-refractivity contribution in [2.45, 2.75) is 12.8 Å². The van der Waals surface area contributed by atoms with Gasteiger partial charge < -0.3 is 5.32 Å². The van der Waals surface area contributed by atoms with E-state index in [9.17, 15) is 9.59 Å². The van der Waals surface area contributed by atoms with Gasteiger partial charge in [-0.2, -0.15) is 0 Å². The Morgan fingerprint density at radius 1 is 1.12 bits per heavy atom. The predicted octanol–water partition coefficient (Wildman–Crippen LogP) is 4.20. The quantitative estimate of drug-likeness (QED) is 0.763. The van der Waals surface area contributed by atoms with Crippen molar-refractivity contribution in [3.05, 3.63) is 63.6 Å². The van der Waals surface area contributed by atoms with Crippen LogP contribution < -0.4 is 5.32 Å². The molecule has 2 rings (SSSR count). The lowest BCUT2D eigenvalue weighted by Gasteiger charge is -2.13. The standard InChI is InChI=1S/C18H18Cl2N2O3/c1-22(25-2)18(24)13-6-9-14(10-7-13)21-16(23)11-8-12-4-3-5-15(19)17(12)20/h3-7,9-10H,8,11H2,1-2H3,(H,21,23). The van der Waals surface area contributed by atoms with Crippen LogP contribution in [0.5, 0.6) is 0 Å². The highest BCUT2D eigenvalue weighted by Gasteiger charge is 2.12. The fraction of sp³-hybridized carbons (Fsp3) is 0.222. The molecule has 0 aliphatic rings.